The topological polar surface area (TPSA) is 82.8 Å². The predicted molar refractivity (Wildman–Crippen MR) is 140 cm³/mol. The summed E-state index contributed by atoms with van der Waals surface area (Å²) in [4.78, 5) is 9.78. The average molecular weight is 491 g/mol. The zero-order valence-corrected chi connectivity index (χ0v) is 21.0. The molecule has 8 nitrogen and oxygen atoms in total. The number of hydrogen-bond acceptors (Lipinski definition) is 7. The molecule has 0 amide bonds. The fourth-order valence-electron chi connectivity index (χ4n) is 4.23. The summed E-state index contributed by atoms with van der Waals surface area (Å²) in [6.45, 7) is 7.59. The van der Waals surface area contributed by atoms with E-state index in [1.807, 2.05) is 42.6 Å². The summed E-state index contributed by atoms with van der Waals surface area (Å²) in [6, 6.07) is 19.2. The highest BCUT2D eigenvalue weighted by Crippen LogP contribution is 2.27. The van der Waals surface area contributed by atoms with Gasteiger partial charge in [-0.1, -0.05) is 12.1 Å². The number of nitrogens with zero attached hydrogens (tertiary/aromatic N) is 5. The molecule has 35 heavy (non-hydrogen) atoms. The van der Waals surface area contributed by atoms with Gasteiger partial charge in [0.25, 0.3) is 0 Å². The van der Waals surface area contributed by atoms with E-state index < -0.39 is 15.1 Å². The molecule has 3 heterocycles. The molecule has 0 atom stereocenters. The lowest BCUT2D eigenvalue weighted by atomic mass is 10.1. The fraction of sp³-hybridized carbons (Fsp3) is 0.308. The lowest BCUT2D eigenvalue weighted by Gasteiger charge is -2.34. The van der Waals surface area contributed by atoms with Crippen LogP contribution in [0.3, 0.4) is 0 Å². The van der Waals surface area contributed by atoms with Crippen molar-refractivity contribution in [2.45, 2.75) is 24.0 Å². The maximum absolute atomic E-state index is 12.5. The molecule has 9 heteroatoms. The third-order valence-electron chi connectivity index (χ3n) is 6.47. The second kappa shape index (κ2) is 9.31. The molecule has 0 radical (unpaired) electrons. The standard InChI is InChI=1S/C26H30N6O2S/c1-19(2)35(33,34)23-12-6-20(7-13-23)24-5-4-14-32-25(24)28-26(29-32)27-21-8-10-22(11-9-21)31-17-15-30(3)16-18-31/h4-14,19H,15-18H2,1-3H3,(H,27,29). The second-order valence-electron chi connectivity index (χ2n) is 9.21. The van der Waals surface area contributed by atoms with Gasteiger partial charge < -0.3 is 15.1 Å². The maximum atomic E-state index is 12.5. The number of sulfone groups is 1. The van der Waals surface area contributed by atoms with Crippen molar-refractivity contribution in [3.63, 3.8) is 0 Å². The number of aromatic nitrogens is 3. The van der Waals surface area contributed by atoms with Gasteiger partial charge in [-0.25, -0.2) is 12.9 Å². The lowest BCUT2D eigenvalue weighted by Crippen LogP contribution is -2.44. The molecule has 1 aliphatic rings. The molecule has 0 spiro atoms. The molecule has 2 aromatic carbocycles. The second-order valence-corrected chi connectivity index (χ2v) is 11.7. The van der Waals surface area contributed by atoms with E-state index in [0.717, 1.165) is 43.0 Å². The molecule has 1 fully saturated rings. The first kappa shape index (κ1) is 23.3. The van der Waals surface area contributed by atoms with Crippen LogP contribution in [0.15, 0.2) is 71.8 Å². The Morgan fingerprint density at radius 1 is 0.914 bits per heavy atom. The van der Waals surface area contributed by atoms with E-state index in [9.17, 15) is 8.42 Å². The molecule has 2 aromatic heterocycles. The molecule has 182 valence electrons. The first-order valence-electron chi connectivity index (χ1n) is 11.8. The minimum atomic E-state index is -3.31. The van der Waals surface area contributed by atoms with Gasteiger partial charge in [-0.15, -0.1) is 5.10 Å². The number of nitrogens with one attached hydrogen (secondary N) is 1. The van der Waals surface area contributed by atoms with Crippen molar-refractivity contribution < 1.29 is 8.42 Å². The lowest BCUT2D eigenvalue weighted by molar-refractivity contribution is 0.313. The van der Waals surface area contributed by atoms with Crippen molar-refractivity contribution in [1.82, 2.24) is 19.5 Å². The van der Waals surface area contributed by atoms with Gasteiger partial charge in [-0.3, -0.25) is 0 Å². The smallest absolute Gasteiger partial charge is 0.247 e. The highest BCUT2D eigenvalue weighted by Gasteiger charge is 2.19. The van der Waals surface area contributed by atoms with E-state index in [-0.39, 0.29) is 0 Å². The molecule has 0 unspecified atom stereocenters. The Hall–Kier alpha value is -3.43. The zero-order valence-electron chi connectivity index (χ0n) is 20.2. The van der Waals surface area contributed by atoms with Crippen molar-refractivity contribution in [3.05, 3.63) is 66.9 Å². The number of anilines is 3. The van der Waals surface area contributed by atoms with Crippen molar-refractivity contribution in [1.29, 1.82) is 0 Å². The van der Waals surface area contributed by atoms with Crippen LogP contribution in [-0.4, -0.2) is 66.4 Å². The van der Waals surface area contributed by atoms with Gasteiger partial charge >= 0.3 is 0 Å². The maximum Gasteiger partial charge on any atom is 0.247 e. The number of fused-ring (bicyclic) bond motifs is 1. The van der Waals surface area contributed by atoms with Gasteiger partial charge in [0.15, 0.2) is 15.5 Å². The molecule has 5 rings (SSSR count). The average Bonchev–Trinajstić information content (AvgIpc) is 3.27. The van der Waals surface area contributed by atoms with E-state index in [1.165, 1.54) is 5.69 Å². The molecule has 4 aromatic rings. The van der Waals surface area contributed by atoms with E-state index in [2.05, 4.69) is 39.4 Å². The largest absolute Gasteiger partial charge is 0.369 e. The summed E-state index contributed by atoms with van der Waals surface area (Å²) >= 11 is 0. The third-order valence-corrected chi connectivity index (χ3v) is 8.64. The Morgan fingerprint density at radius 2 is 1.60 bits per heavy atom. The molecule has 0 saturated carbocycles. The quantitative estimate of drug-likeness (QED) is 0.436. The van der Waals surface area contributed by atoms with Crippen LogP contribution in [0.4, 0.5) is 17.3 Å². The Labute approximate surface area is 206 Å². The molecular weight excluding hydrogens is 460 g/mol. The van der Waals surface area contributed by atoms with Crippen LogP contribution in [0.5, 0.6) is 0 Å². The highest BCUT2D eigenvalue weighted by atomic mass is 32.2. The van der Waals surface area contributed by atoms with Gasteiger partial charge in [0.2, 0.25) is 5.95 Å². The van der Waals surface area contributed by atoms with Crippen LogP contribution >= 0.6 is 0 Å². The first-order chi connectivity index (χ1) is 16.8. The summed E-state index contributed by atoms with van der Waals surface area (Å²) < 4.78 is 26.6. The molecule has 0 aliphatic carbocycles. The van der Waals surface area contributed by atoms with Crippen LogP contribution < -0.4 is 10.2 Å². The monoisotopic (exact) mass is 490 g/mol. The van der Waals surface area contributed by atoms with E-state index in [1.54, 1.807) is 30.5 Å². The minimum Gasteiger partial charge on any atom is -0.369 e. The molecule has 1 saturated heterocycles. The predicted octanol–water partition coefficient (Wildman–Crippen LogP) is 4.07. The normalized spacial score (nSPS) is 15.1. The molecule has 1 aliphatic heterocycles. The molecule has 1 N–H and O–H groups in total. The van der Waals surface area contributed by atoms with Crippen molar-refractivity contribution in [2.24, 2.45) is 0 Å². The van der Waals surface area contributed by atoms with Crippen LogP contribution in [0.1, 0.15) is 13.8 Å². The Bertz CT molecular complexity index is 1420. The number of benzene rings is 2. The van der Waals surface area contributed by atoms with Crippen LogP contribution in [0, 0.1) is 0 Å². The van der Waals surface area contributed by atoms with Crippen LogP contribution in [0.2, 0.25) is 0 Å². The number of hydrogen-bond donors (Lipinski definition) is 1. The summed E-state index contributed by atoms with van der Waals surface area (Å²) in [5, 5.41) is 7.42. The SMILES string of the molecule is CC(C)S(=O)(=O)c1ccc(-c2cccn3nc(Nc4ccc(N5CCN(C)CC5)cc4)nc23)cc1. The zero-order chi connectivity index (χ0) is 24.6. The third kappa shape index (κ3) is 4.74. The summed E-state index contributed by atoms with van der Waals surface area (Å²) in [7, 11) is -1.15. The van der Waals surface area contributed by atoms with Gasteiger partial charge in [0.1, 0.15) is 0 Å². The first-order valence-corrected chi connectivity index (χ1v) is 13.4. The van der Waals surface area contributed by atoms with Crippen molar-refractivity contribution >= 4 is 32.8 Å². The van der Waals surface area contributed by atoms with Crippen molar-refractivity contribution in [3.8, 4) is 11.1 Å². The van der Waals surface area contributed by atoms with E-state index >= 15 is 0 Å². The van der Waals surface area contributed by atoms with Gasteiger partial charge in [-0.05, 0) is 75.0 Å². The number of pyridine rings is 1. The van der Waals surface area contributed by atoms with E-state index in [0.29, 0.717) is 16.5 Å². The summed E-state index contributed by atoms with van der Waals surface area (Å²) in [5.41, 5.74) is 4.60. The van der Waals surface area contributed by atoms with Gasteiger partial charge in [0.05, 0.1) is 10.1 Å². The molecule has 0 bridgehead atoms. The van der Waals surface area contributed by atoms with Crippen LogP contribution in [-0.2, 0) is 9.84 Å². The number of piperazine rings is 1. The highest BCUT2D eigenvalue weighted by molar-refractivity contribution is 7.92. The minimum absolute atomic E-state index is 0.326. The van der Waals surface area contributed by atoms with Crippen LogP contribution in [0.25, 0.3) is 16.8 Å². The Kier molecular flexibility index (Phi) is 6.21. The van der Waals surface area contributed by atoms with E-state index in [4.69, 9.17) is 4.98 Å². The summed E-state index contributed by atoms with van der Waals surface area (Å²) in [5.74, 6) is 0.504. The van der Waals surface area contributed by atoms with Gasteiger partial charge in [-0.2, -0.15) is 4.98 Å². The van der Waals surface area contributed by atoms with Gasteiger partial charge in [0, 0.05) is 49.3 Å². The van der Waals surface area contributed by atoms with Crippen molar-refractivity contribution in [2.75, 3.05) is 43.4 Å². The fourth-order valence-corrected chi connectivity index (χ4v) is 5.29. The summed E-state index contributed by atoms with van der Waals surface area (Å²) in [6.07, 6.45) is 1.85. The number of rotatable bonds is 6. The number of likely N-dealkylation sites (N-methyl/N-ethyl adjacent to an activating group) is 1. The Balaban J connectivity index is 1.36. The molecular formula is C26H30N6O2S. The Morgan fingerprint density at radius 3 is 2.26 bits per heavy atom.